The van der Waals surface area contributed by atoms with Gasteiger partial charge in [-0.1, -0.05) is 44.4 Å². The van der Waals surface area contributed by atoms with Crippen molar-refractivity contribution >= 4 is 12.0 Å². The minimum atomic E-state index is -1.23. The number of ether oxygens (including phenoxy) is 1. The third kappa shape index (κ3) is 5.15. The van der Waals surface area contributed by atoms with E-state index in [0.717, 1.165) is 12.8 Å². The molecular weight excluding hydrogens is 254 g/mol. The van der Waals surface area contributed by atoms with Crippen molar-refractivity contribution in [2.75, 3.05) is 6.61 Å². The van der Waals surface area contributed by atoms with Gasteiger partial charge < -0.3 is 9.84 Å². The van der Waals surface area contributed by atoms with E-state index in [9.17, 15) is 4.79 Å². The predicted molar refractivity (Wildman–Crippen MR) is 77.3 cm³/mol. The summed E-state index contributed by atoms with van der Waals surface area (Å²) in [7, 11) is 0. The first-order valence-corrected chi connectivity index (χ1v) is 6.76. The van der Waals surface area contributed by atoms with E-state index in [0.29, 0.717) is 17.9 Å². The van der Waals surface area contributed by atoms with Crippen LogP contribution in [0.15, 0.2) is 29.8 Å². The summed E-state index contributed by atoms with van der Waals surface area (Å²) in [6.07, 6.45) is 5.78. The van der Waals surface area contributed by atoms with Gasteiger partial charge in [0, 0.05) is 5.56 Å². The maximum Gasteiger partial charge on any atom is 0.346 e. The number of carbonyl (C=O) groups is 1. The van der Waals surface area contributed by atoms with E-state index in [2.05, 4.69) is 6.92 Å². The number of benzene rings is 1. The first kappa shape index (κ1) is 15.8. The molecule has 0 amide bonds. The van der Waals surface area contributed by atoms with Crippen molar-refractivity contribution < 1.29 is 14.6 Å². The molecule has 0 aromatic heterocycles. The second-order valence-electron chi connectivity index (χ2n) is 4.42. The van der Waals surface area contributed by atoms with Crippen molar-refractivity contribution in [3.05, 3.63) is 35.4 Å². The number of aliphatic carboxylic acids is 1. The Morgan fingerprint density at radius 1 is 1.35 bits per heavy atom. The molecule has 1 N–H and O–H groups in total. The maximum atomic E-state index is 10.8. The molecule has 1 rings (SSSR count). The number of hydrogen-bond acceptors (Lipinski definition) is 3. The normalized spacial score (nSPS) is 10.9. The molecule has 106 valence electrons. The number of carboxylic acid groups (broad SMARTS) is 1. The third-order valence-electron chi connectivity index (χ3n) is 2.83. The van der Waals surface area contributed by atoms with Crippen LogP contribution in [-0.2, 0) is 4.79 Å². The summed E-state index contributed by atoms with van der Waals surface area (Å²) in [4.78, 5) is 10.8. The minimum Gasteiger partial charge on any atom is -0.493 e. The predicted octanol–water partition coefficient (Wildman–Crippen LogP) is 3.64. The molecule has 0 radical (unpaired) electrons. The Kier molecular flexibility index (Phi) is 6.91. The number of rotatable bonds is 8. The number of unbranched alkanes of at least 4 members (excludes halogenated alkanes) is 3. The Bertz CT molecular complexity index is 515. The fraction of sp³-hybridized carbons (Fsp3) is 0.375. The van der Waals surface area contributed by atoms with Crippen LogP contribution < -0.4 is 4.74 Å². The Labute approximate surface area is 119 Å². The summed E-state index contributed by atoms with van der Waals surface area (Å²) in [5.74, 6) is -0.622. The second kappa shape index (κ2) is 8.76. The highest BCUT2D eigenvalue weighted by Gasteiger charge is 2.08. The number of para-hydroxylation sites is 1. The molecule has 0 fully saturated rings. The van der Waals surface area contributed by atoms with E-state index >= 15 is 0 Å². The van der Waals surface area contributed by atoms with Crippen LogP contribution in [0.3, 0.4) is 0 Å². The Balaban J connectivity index is 2.74. The van der Waals surface area contributed by atoms with Gasteiger partial charge in [-0.15, -0.1) is 0 Å². The van der Waals surface area contributed by atoms with Crippen molar-refractivity contribution in [1.82, 2.24) is 0 Å². The lowest BCUT2D eigenvalue weighted by atomic mass is 10.1. The highest BCUT2D eigenvalue weighted by atomic mass is 16.5. The van der Waals surface area contributed by atoms with Gasteiger partial charge in [0.25, 0.3) is 0 Å². The van der Waals surface area contributed by atoms with Gasteiger partial charge >= 0.3 is 5.97 Å². The van der Waals surface area contributed by atoms with Crippen molar-refractivity contribution in [2.45, 2.75) is 32.6 Å². The first-order valence-electron chi connectivity index (χ1n) is 6.76. The molecule has 0 atom stereocenters. The maximum absolute atomic E-state index is 10.8. The fourth-order valence-corrected chi connectivity index (χ4v) is 1.74. The van der Waals surface area contributed by atoms with E-state index in [-0.39, 0.29) is 5.57 Å². The van der Waals surface area contributed by atoms with Gasteiger partial charge in [-0.05, 0) is 18.6 Å². The molecule has 0 aliphatic carbocycles. The van der Waals surface area contributed by atoms with Crippen molar-refractivity contribution in [3.63, 3.8) is 0 Å². The summed E-state index contributed by atoms with van der Waals surface area (Å²) in [6, 6.07) is 8.79. The molecule has 0 spiro atoms. The van der Waals surface area contributed by atoms with E-state index < -0.39 is 5.97 Å². The molecule has 0 aliphatic rings. The topological polar surface area (TPSA) is 70.3 Å². The van der Waals surface area contributed by atoms with Crippen LogP contribution in [0.4, 0.5) is 0 Å². The van der Waals surface area contributed by atoms with E-state index in [1.807, 2.05) is 6.07 Å². The van der Waals surface area contributed by atoms with Crippen molar-refractivity contribution in [1.29, 1.82) is 5.26 Å². The second-order valence-corrected chi connectivity index (χ2v) is 4.42. The van der Waals surface area contributed by atoms with Crippen LogP contribution in [0, 0.1) is 11.3 Å². The van der Waals surface area contributed by atoms with Crippen LogP contribution >= 0.6 is 0 Å². The Morgan fingerprint density at radius 3 is 2.75 bits per heavy atom. The lowest BCUT2D eigenvalue weighted by Crippen LogP contribution is -2.00. The average Bonchev–Trinajstić information content (AvgIpc) is 2.45. The Hall–Kier alpha value is -2.28. The zero-order chi connectivity index (χ0) is 14.8. The summed E-state index contributed by atoms with van der Waals surface area (Å²) in [5.41, 5.74) is 0.314. The lowest BCUT2D eigenvalue weighted by Gasteiger charge is -2.09. The quantitative estimate of drug-likeness (QED) is 0.446. The summed E-state index contributed by atoms with van der Waals surface area (Å²) < 4.78 is 5.66. The van der Waals surface area contributed by atoms with Gasteiger partial charge in [-0.25, -0.2) is 4.79 Å². The van der Waals surface area contributed by atoms with Gasteiger partial charge in [0.1, 0.15) is 17.4 Å². The molecule has 20 heavy (non-hydrogen) atoms. The summed E-state index contributed by atoms with van der Waals surface area (Å²) in [6.45, 7) is 2.75. The summed E-state index contributed by atoms with van der Waals surface area (Å²) in [5, 5.41) is 17.6. The van der Waals surface area contributed by atoms with Crippen LogP contribution in [0.1, 0.15) is 38.2 Å². The summed E-state index contributed by atoms with van der Waals surface area (Å²) >= 11 is 0. The van der Waals surface area contributed by atoms with Crippen LogP contribution in [0.5, 0.6) is 5.75 Å². The number of hydrogen-bond donors (Lipinski definition) is 1. The SMILES string of the molecule is CCCCCCOc1ccccc1C=C(C#N)C(=O)O. The average molecular weight is 273 g/mol. The standard InChI is InChI=1S/C16H19NO3/c1-2-3-4-7-10-20-15-9-6-5-8-13(15)11-14(12-17)16(18)19/h5-6,8-9,11H,2-4,7,10H2,1H3,(H,18,19). The van der Waals surface area contributed by atoms with E-state index in [1.54, 1.807) is 24.3 Å². The van der Waals surface area contributed by atoms with E-state index in [4.69, 9.17) is 15.1 Å². The van der Waals surface area contributed by atoms with Crippen LogP contribution in [0.2, 0.25) is 0 Å². The lowest BCUT2D eigenvalue weighted by molar-refractivity contribution is -0.132. The molecule has 1 aromatic rings. The largest absolute Gasteiger partial charge is 0.493 e. The molecule has 0 saturated carbocycles. The molecule has 4 nitrogen and oxygen atoms in total. The molecule has 0 aliphatic heterocycles. The smallest absolute Gasteiger partial charge is 0.346 e. The minimum absolute atomic E-state index is 0.299. The first-order chi connectivity index (χ1) is 9.69. The molecule has 0 saturated heterocycles. The highest BCUT2D eigenvalue weighted by Crippen LogP contribution is 2.21. The van der Waals surface area contributed by atoms with Crippen molar-refractivity contribution in [2.24, 2.45) is 0 Å². The van der Waals surface area contributed by atoms with E-state index in [1.165, 1.54) is 18.9 Å². The monoisotopic (exact) mass is 273 g/mol. The highest BCUT2D eigenvalue weighted by molar-refractivity contribution is 5.96. The van der Waals surface area contributed by atoms with Gasteiger partial charge in [0.2, 0.25) is 0 Å². The zero-order valence-corrected chi connectivity index (χ0v) is 11.6. The molecule has 4 heteroatoms. The number of nitriles is 1. The third-order valence-corrected chi connectivity index (χ3v) is 2.83. The Morgan fingerprint density at radius 2 is 2.10 bits per heavy atom. The molecular formula is C16H19NO3. The molecule has 0 bridgehead atoms. The molecule has 0 heterocycles. The van der Waals surface area contributed by atoms with Gasteiger partial charge in [0.05, 0.1) is 6.61 Å². The molecule has 0 unspecified atom stereocenters. The van der Waals surface area contributed by atoms with Gasteiger partial charge in [-0.3, -0.25) is 0 Å². The van der Waals surface area contributed by atoms with Crippen molar-refractivity contribution in [3.8, 4) is 11.8 Å². The zero-order valence-electron chi connectivity index (χ0n) is 11.6. The number of carboxylic acids is 1. The van der Waals surface area contributed by atoms with Crippen LogP contribution in [0.25, 0.3) is 6.08 Å². The van der Waals surface area contributed by atoms with Crippen LogP contribution in [-0.4, -0.2) is 17.7 Å². The van der Waals surface area contributed by atoms with Gasteiger partial charge in [0.15, 0.2) is 0 Å². The van der Waals surface area contributed by atoms with Gasteiger partial charge in [-0.2, -0.15) is 5.26 Å². The number of nitrogens with zero attached hydrogens (tertiary/aromatic N) is 1. The molecule has 1 aromatic carbocycles. The fourth-order valence-electron chi connectivity index (χ4n) is 1.74.